The summed E-state index contributed by atoms with van der Waals surface area (Å²) in [5.41, 5.74) is 2.31. The molecule has 4 heterocycles. The maximum absolute atomic E-state index is 14.8. The van der Waals surface area contributed by atoms with Gasteiger partial charge in [-0.2, -0.15) is 8.78 Å². The number of nitrogens with one attached hydrogen (secondary N) is 3. The van der Waals surface area contributed by atoms with Crippen LogP contribution in [0, 0.1) is 0 Å². The Bertz CT molecular complexity index is 1340. The van der Waals surface area contributed by atoms with E-state index in [0.29, 0.717) is 25.8 Å². The summed E-state index contributed by atoms with van der Waals surface area (Å²) in [5, 5.41) is 5.66. The summed E-state index contributed by atoms with van der Waals surface area (Å²) >= 11 is 0. The van der Waals surface area contributed by atoms with Gasteiger partial charge < -0.3 is 20.0 Å². The van der Waals surface area contributed by atoms with E-state index in [9.17, 15) is 13.2 Å². The van der Waals surface area contributed by atoms with Crippen LogP contribution in [0.25, 0.3) is 22.1 Å². The number of anilines is 1. The number of halogens is 3. The third-order valence-electron chi connectivity index (χ3n) is 5.42. The number of alkyl halides is 2. The van der Waals surface area contributed by atoms with Gasteiger partial charge in [-0.1, -0.05) is 12.1 Å². The quantitative estimate of drug-likeness (QED) is 0.312. The number of hydrogen-bond acceptors (Lipinski definition) is 7. The van der Waals surface area contributed by atoms with Crippen molar-refractivity contribution < 1.29 is 17.6 Å². The lowest BCUT2D eigenvalue weighted by Crippen LogP contribution is -2.32. The molecule has 0 spiro atoms. The van der Waals surface area contributed by atoms with Crippen molar-refractivity contribution in [1.82, 2.24) is 25.3 Å². The number of benzene rings is 1. The Kier molecular flexibility index (Phi) is 6.01. The smallest absolute Gasteiger partial charge is 0.334 e. The van der Waals surface area contributed by atoms with Gasteiger partial charge in [0.1, 0.15) is 11.7 Å². The Morgan fingerprint density at radius 3 is 2.88 bits per heavy atom. The monoisotopic (exact) mass is 469 g/mol. The minimum atomic E-state index is -3.34. The van der Waals surface area contributed by atoms with Crippen molar-refractivity contribution in [2.24, 2.45) is 4.99 Å². The fourth-order valence-electron chi connectivity index (χ4n) is 3.68. The van der Waals surface area contributed by atoms with Crippen molar-refractivity contribution in [1.29, 1.82) is 0 Å². The first-order valence-electron chi connectivity index (χ1n) is 10.9. The molecule has 0 bridgehead atoms. The molecular weight excluding hydrogens is 447 g/mol. The van der Waals surface area contributed by atoms with Gasteiger partial charge in [0.2, 0.25) is 0 Å². The van der Waals surface area contributed by atoms with Gasteiger partial charge in [0, 0.05) is 37.9 Å². The third kappa shape index (κ3) is 4.65. The fraction of sp³-hybridized carbons (Fsp3) is 0.304. The molecule has 0 amide bonds. The third-order valence-corrected chi connectivity index (χ3v) is 5.42. The Balaban J connectivity index is 1.22. The molecule has 4 aromatic rings. The van der Waals surface area contributed by atoms with Gasteiger partial charge in [0.15, 0.2) is 16.9 Å². The Labute approximate surface area is 192 Å². The van der Waals surface area contributed by atoms with E-state index in [1.54, 1.807) is 6.21 Å². The van der Waals surface area contributed by atoms with Crippen LogP contribution in [0.1, 0.15) is 24.6 Å². The number of imidazole rings is 1. The highest BCUT2D eigenvalue weighted by atomic mass is 19.3. The van der Waals surface area contributed by atoms with Gasteiger partial charge in [-0.05, 0) is 18.6 Å². The molecule has 1 aromatic carbocycles. The normalized spacial score (nSPS) is 14.4. The molecule has 176 valence electrons. The summed E-state index contributed by atoms with van der Waals surface area (Å²) in [6, 6.07) is 9.05. The molecule has 3 aromatic heterocycles. The molecule has 0 radical (unpaired) electrons. The largest absolute Gasteiger partial charge is 0.435 e. The van der Waals surface area contributed by atoms with Crippen LogP contribution in [0.15, 0.2) is 57.5 Å². The SMILES string of the molecule is FC1=C(CNc2nccc3oc(C(F)(F)CNCCc4nc5ccccc5[nH]4)nc23)N=CCC1. The van der Waals surface area contributed by atoms with E-state index in [4.69, 9.17) is 4.42 Å². The number of allylic oxidation sites excluding steroid dienone is 1. The number of hydrogen-bond donors (Lipinski definition) is 3. The minimum absolute atomic E-state index is 0.0659. The fourth-order valence-corrected chi connectivity index (χ4v) is 3.68. The second kappa shape index (κ2) is 9.26. The number of H-pyrrole nitrogens is 1. The molecule has 0 unspecified atom stereocenters. The molecule has 0 atom stereocenters. The average molecular weight is 469 g/mol. The molecule has 1 aliphatic heterocycles. The lowest BCUT2D eigenvalue weighted by molar-refractivity contribution is -0.0279. The molecule has 5 rings (SSSR count). The van der Waals surface area contributed by atoms with Gasteiger partial charge in [-0.25, -0.2) is 19.3 Å². The number of aromatic amines is 1. The van der Waals surface area contributed by atoms with Gasteiger partial charge in [0.05, 0.1) is 29.8 Å². The van der Waals surface area contributed by atoms with Gasteiger partial charge >= 0.3 is 5.92 Å². The number of nitrogens with zero attached hydrogens (tertiary/aromatic N) is 4. The van der Waals surface area contributed by atoms with Crippen molar-refractivity contribution in [3.8, 4) is 0 Å². The highest BCUT2D eigenvalue weighted by Crippen LogP contribution is 2.31. The van der Waals surface area contributed by atoms with Crippen LogP contribution in [-0.2, 0) is 12.3 Å². The van der Waals surface area contributed by atoms with Crippen LogP contribution in [0.2, 0.25) is 0 Å². The van der Waals surface area contributed by atoms with E-state index in [1.165, 1.54) is 12.3 Å². The topological polar surface area (TPSA) is 104 Å². The lowest BCUT2D eigenvalue weighted by atomic mass is 10.2. The number of oxazole rings is 1. The zero-order valence-corrected chi connectivity index (χ0v) is 18.1. The summed E-state index contributed by atoms with van der Waals surface area (Å²) in [5.74, 6) is -3.41. The van der Waals surface area contributed by atoms with Crippen LogP contribution in [0.4, 0.5) is 19.0 Å². The molecule has 34 heavy (non-hydrogen) atoms. The first kappa shape index (κ1) is 22.1. The molecule has 1 aliphatic rings. The number of aliphatic imine (C=N–C) groups is 1. The van der Waals surface area contributed by atoms with Crippen molar-refractivity contribution in [2.75, 3.05) is 25.0 Å². The molecule has 3 N–H and O–H groups in total. The van der Waals surface area contributed by atoms with Gasteiger partial charge in [0.25, 0.3) is 5.89 Å². The second-order valence-corrected chi connectivity index (χ2v) is 7.91. The molecule has 8 nitrogen and oxygen atoms in total. The molecular formula is C23H22F3N7O. The van der Waals surface area contributed by atoms with E-state index in [2.05, 4.69) is 35.6 Å². The molecule has 0 saturated heterocycles. The van der Waals surface area contributed by atoms with Crippen LogP contribution in [0.5, 0.6) is 0 Å². The summed E-state index contributed by atoms with van der Waals surface area (Å²) in [7, 11) is 0. The number of para-hydroxylation sites is 2. The highest BCUT2D eigenvalue weighted by Gasteiger charge is 2.37. The number of fused-ring (bicyclic) bond motifs is 2. The number of aromatic nitrogens is 4. The Morgan fingerprint density at radius 1 is 1.15 bits per heavy atom. The standard InChI is InChI=1S/C23H22F3N7O/c24-14-4-3-9-28-17(14)12-30-21-20-18(7-11-29-21)34-22(33-20)23(25,26)13-27-10-8-19-31-15-5-1-2-6-16(15)32-19/h1-2,5-7,9,11,27H,3-4,8,10,12-13H2,(H,29,30)(H,31,32). The predicted octanol–water partition coefficient (Wildman–Crippen LogP) is 4.48. The van der Waals surface area contributed by atoms with Crippen molar-refractivity contribution in [3.63, 3.8) is 0 Å². The Morgan fingerprint density at radius 2 is 2.03 bits per heavy atom. The predicted molar refractivity (Wildman–Crippen MR) is 123 cm³/mol. The summed E-state index contributed by atoms with van der Waals surface area (Å²) < 4.78 is 48.8. The van der Waals surface area contributed by atoms with Crippen molar-refractivity contribution in [2.45, 2.75) is 25.2 Å². The number of rotatable bonds is 9. The maximum atomic E-state index is 14.8. The van der Waals surface area contributed by atoms with E-state index in [1.807, 2.05) is 24.3 Å². The zero-order chi connectivity index (χ0) is 23.5. The van der Waals surface area contributed by atoms with E-state index in [-0.39, 0.29) is 35.0 Å². The minimum Gasteiger partial charge on any atom is -0.435 e. The molecule has 0 saturated carbocycles. The van der Waals surface area contributed by atoms with Crippen molar-refractivity contribution in [3.05, 3.63) is 59.8 Å². The second-order valence-electron chi connectivity index (χ2n) is 7.91. The van der Waals surface area contributed by atoms with Gasteiger partial charge in [-0.3, -0.25) is 4.99 Å². The summed E-state index contributed by atoms with van der Waals surface area (Å²) in [4.78, 5) is 19.8. The number of pyridine rings is 1. The van der Waals surface area contributed by atoms with E-state index < -0.39 is 18.4 Å². The maximum Gasteiger partial charge on any atom is 0.334 e. The summed E-state index contributed by atoms with van der Waals surface area (Å²) in [6.45, 7) is -0.287. The van der Waals surface area contributed by atoms with Gasteiger partial charge in [-0.15, -0.1) is 0 Å². The summed E-state index contributed by atoms with van der Waals surface area (Å²) in [6.07, 6.45) is 4.37. The van der Waals surface area contributed by atoms with Crippen LogP contribution in [-0.4, -0.2) is 45.8 Å². The first-order valence-corrected chi connectivity index (χ1v) is 10.9. The van der Waals surface area contributed by atoms with Crippen molar-refractivity contribution >= 4 is 34.2 Å². The highest BCUT2D eigenvalue weighted by molar-refractivity contribution is 5.84. The molecule has 0 fully saturated rings. The molecule has 11 heteroatoms. The van der Waals surface area contributed by atoms with Crippen LogP contribution in [0.3, 0.4) is 0 Å². The van der Waals surface area contributed by atoms with E-state index >= 15 is 0 Å². The van der Waals surface area contributed by atoms with Crippen LogP contribution >= 0.6 is 0 Å². The average Bonchev–Trinajstić information content (AvgIpc) is 3.46. The zero-order valence-electron chi connectivity index (χ0n) is 18.1. The molecule has 0 aliphatic carbocycles. The lowest BCUT2D eigenvalue weighted by Gasteiger charge is -2.13. The Hall–Kier alpha value is -3.73. The van der Waals surface area contributed by atoms with E-state index in [0.717, 1.165) is 16.9 Å². The first-order chi connectivity index (χ1) is 16.5. The van der Waals surface area contributed by atoms with Crippen LogP contribution < -0.4 is 10.6 Å².